The minimum absolute atomic E-state index is 0.0138. The van der Waals surface area contributed by atoms with E-state index in [1.165, 1.54) is 4.90 Å². The molecule has 1 aliphatic carbocycles. The van der Waals surface area contributed by atoms with E-state index >= 15 is 0 Å². The van der Waals surface area contributed by atoms with Crippen molar-refractivity contribution in [1.29, 1.82) is 0 Å². The van der Waals surface area contributed by atoms with Crippen LogP contribution >= 0.6 is 0 Å². The van der Waals surface area contributed by atoms with Crippen molar-refractivity contribution in [1.82, 2.24) is 10.2 Å². The number of carbonyl (C=O) groups excluding carboxylic acids is 2. The average molecular weight is 298 g/mol. The van der Waals surface area contributed by atoms with Crippen molar-refractivity contribution in [2.24, 2.45) is 0 Å². The number of nitrogens with one attached hydrogen (secondary N) is 1. The highest BCUT2D eigenvalue weighted by atomic mass is 16.6. The number of hydrogen-bond donors (Lipinski definition) is 1. The van der Waals surface area contributed by atoms with E-state index in [0.717, 1.165) is 25.7 Å². The van der Waals surface area contributed by atoms with Crippen LogP contribution in [0.25, 0.3) is 0 Å². The van der Waals surface area contributed by atoms with E-state index in [1.54, 1.807) is 0 Å². The van der Waals surface area contributed by atoms with Gasteiger partial charge in [-0.2, -0.15) is 0 Å². The van der Waals surface area contributed by atoms with Crippen molar-refractivity contribution in [3.8, 4) is 0 Å². The zero-order valence-electron chi connectivity index (χ0n) is 13.2. The molecule has 0 aromatic rings. The van der Waals surface area contributed by atoms with Gasteiger partial charge in [-0.05, 0) is 46.5 Å². The van der Waals surface area contributed by atoms with Gasteiger partial charge in [0, 0.05) is 19.6 Å². The third-order valence-electron chi connectivity index (χ3n) is 3.73. The van der Waals surface area contributed by atoms with Gasteiger partial charge in [0.1, 0.15) is 17.7 Å². The summed E-state index contributed by atoms with van der Waals surface area (Å²) in [4.78, 5) is 26.0. The topological polar surface area (TPSA) is 67.9 Å². The standard InChI is InChI=1S/C15H26N2O4/c1-15(2,3)21-14(19)17-9-8-16-10-12(17)13(18)20-11-6-4-5-7-11/h11-12,16H,4-10H2,1-3H3/t12-/m1/s1. The molecule has 120 valence electrons. The molecule has 0 aromatic carbocycles. The van der Waals surface area contributed by atoms with E-state index in [-0.39, 0.29) is 12.1 Å². The minimum Gasteiger partial charge on any atom is -0.461 e. The lowest BCUT2D eigenvalue weighted by Crippen LogP contribution is -2.58. The van der Waals surface area contributed by atoms with Gasteiger partial charge in [0.15, 0.2) is 0 Å². The molecule has 1 amide bonds. The second-order valence-corrected chi connectivity index (χ2v) is 6.74. The van der Waals surface area contributed by atoms with Gasteiger partial charge in [0.25, 0.3) is 0 Å². The van der Waals surface area contributed by atoms with Crippen LogP contribution < -0.4 is 5.32 Å². The molecule has 2 aliphatic rings. The summed E-state index contributed by atoms with van der Waals surface area (Å²) in [6.07, 6.45) is 3.64. The zero-order chi connectivity index (χ0) is 15.5. The molecular weight excluding hydrogens is 272 g/mol. The molecule has 2 fully saturated rings. The molecule has 0 radical (unpaired) electrons. The third-order valence-corrected chi connectivity index (χ3v) is 3.73. The van der Waals surface area contributed by atoms with Gasteiger partial charge in [0.2, 0.25) is 0 Å². The van der Waals surface area contributed by atoms with E-state index in [2.05, 4.69) is 5.32 Å². The third kappa shape index (κ3) is 4.59. The van der Waals surface area contributed by atoms with E-state index in [4.69, 9.17) is 9.47 Å². The Kier molecular flexibility index (Phi) is 5.08. The first-order valence-electron chi connectivity index (χ1n) is 7.77. The maximum absolute atomic E-state index is 12.3. The van der Waals surface area contributed by atoms with Gasteiger partial charge in [-0.15, -0.1) is 0 Å². The number of hydrogen-bond acceptors (Lipinski definition) is 5. The van der Waals surface area contributed by atoms with Crippen molar-refractivity contribution >= 4 is 12.1 Å². The number of carbonyl (C=O) groups is 2. The molecule has 0 bridgehead atoms. The van der Waals surface area contributed by atoms with Gasteiger partial charge < -0.3 is 14.8 Å². The first-order chi connectivity index (χ1) is 9.87. The maximum Gasteiger partial charge on any atom is 0.411 e. The van der Waals surface area contributed by atoms with Gasteiger partial charge in [-0.3, -0.25) is 4.90 Å². The summed E-state index contributed by atoms with van der Waals surface area (Å²) < 4.78 is 10.9. The molecule has 0 spiro atoms. The van der Waals surface area contributed by atoms with Crippen molar-refractivity contribution in [2.45, 2.75) is 64.2 Å². The summed E-state index contributed by atoms with van der Waals surface area (Å²) in [6, 6.07) is -0.589. The summed E-state index contributed by atoms with van der Waals surface area (Å²) >= 11 is 0. The lowest BCUT2D eigenvalue weighted by molar-refractivity contribution is -0.155. The SMILES string of the molecule is CC(C)(C)OC(=O)N1CCNC[C@@H]1C(=O)OC1CCCC1. The van der Waals surface area contributed by atoms with Crippen LogP contribution in [0.1, 0.15) is 46.5 Å². The fourth-order valence-electron chi connectivity index (χ4n) is 2.70. The molecule has 1 atom stereocenters. The zero-order valence-corrected chi connectivity index (χ0v) is 13.2. The minimum atomic E-state index is -0.589. The second kappa shape index (κ2) is 6.64. The van der Waals surface area contributed by atoms with Gasteiger partial charge >= 0.3 is 12.1 Å². The average Bonchev–Trinajstić information content (AvgIpc) is 2.89. The van der Waals surface area contributed by atoms with Crippen molar-refractivity contribution < 1.29 is 19.1 Å². The first kappa shape index (κ1) is 16.1. The van der Waals surface area contributed by atoms with Gasteiger partial charge in [-0.25, -0.2) is 9.59 Å². The number of ether oxygens (including phenoxy) is 2. The first-order valence-corrected chi connectivity index (χ1v) is 7.77. The van der Waals surface area contributed by atoms with Crippen LogP contribution in [-0.2, 0) is 14.3 Å². The van der Waals surface area contributed by atoms with Crippen LogP contribution in [-0.4, -0.2) is 54.3 Å². The van der Waals surface area contributed by atoms with Gasteiger partial charge in [0.05, 0.1) is 0 Å². The number of nitrogens with zero attached hydrogens (tertiary/aromatic N) is 1. The van der Waals surface area contributed by atoms with Crippen molar-refractivity contribution in [2.75, 3.05) is 19.6 Å². The Morgan fingerprint density at radius 3 is 2.48 bits per heavy atom. The molecule has 6 nitrogen and oxygen atoms in total. The number of piperazine rings is 1. The molecule has 1 saturated carbocycles. The summed E-state index contributed by atoms with van der Waals surface area (Å²) in [6.45, 7) is 6.99. The molecule has 2 rings (SSSR count). The summed E-state index contributed by atoms with van der Waals surface area (Å²) in [5, 5.41) is 3.14. The summed E-state index contributed by atoms with van der Waals surface area (Å²) in [7, 11) is 0. The fraction of sp³-hybridized carbons (Fsp3) is 0.867. The Balaban J connectivity index is 1.97. The van der Waals surface area contributed by atoms with Gasteiger partial charge in [-0.1, -0.05) is 0 Å². The molecular formula is C15H26N2O4. The summed E-state index contributed by atoms with van der Waals surface area (Å²) in [5.41, 5.74) is -0.568. The lowest BCUT2D eigenvalue weighted by Gasteiger charge is -2.36. The van der Waals surface area contributed by atoms with Crippen molar-refractivity contribution in [3.63, 3.8) is 0 Å². The van der Waals surface area contributed by atoms with Crippen LogP contribution in [0.5, 0.6) is 0 Å². The number of rotatable bonds is 2. The highest BCUT2D eigenvalue weighted by molar-refractivity contribution is 5.82. The maximum atomic E-state index is 12.3. The molecule has 1 saturated heterocycles. The van der Waals surface area contributed by atoms with E-state index < -0.39 is 17.7 Å². The Hall–Kier alpha value is -1.30. The molecule has 0 aromatic heterocycles. The predicted molar refractivity (Wildman–Crippen MR) is 77.9 cm³/mol. The Morgan fingerprint density at radius 2 is 1.86 bits per heavy atom. The number of amides is 1. The quantitative estimate of drug-likeness (QED) is 0.786. The summed E-state index contributed by atoms with van der Waals surface area (Å²) in [5.74, 6) is -0.319. The van der Waals surface area contributed by atoms with Crippen LogP contribution in [0.15, 0.2) is 0 Å². The van der Waals surface area contributed by atoms with Crippen molar-refractivity contribution in [3.05, 3.63) is 0 Å². The van der Waals surface area contributed by atoms with Crippen LogP contribution in [0.3, 0.4) is 0 Å². The van der Waals surface area contributed by atoms with E-state index in [9.17, 15) is 9.59 Å². The number of esters is 1. The normalized spacial score (nSPS) is 24.0. The largest absolute Gasteiger partial charge is 0.461 e. The van der Waals surface area contributed by atoms with Crippen LogP contribution in [0.4, 0.5) is 4.79 Å². The predicted octanol–water partition coefficient (Wildman–Crippen LogP) is 1.68. The lowest BCUT2D eigenvalue weighted by atomic mass is 10.2. The molecule has 1 aliphatic heterocycles. The molecule has 1 N–H and O–H groups in total. The Bertz CT molecular complexity index is 386. The molecule has 0 unspecified atom stereocenters. The molecule has 1 heterocycles. The highest BCUT2D eigenvalue weighted by Crippen LogP contribution is 2.22. The van der Waals surface area contributed by atoms with Crippen LogP contribution in [0, 0.1) is 0 Å². The highest BCUT2D eigenvalue weighted by Gasteiger charge is 2.37. The molecule has 21 heavy (non-hydrogen) atoms. The van der Waals surface area contributed by atoms with E-state index in [1.807, 2.05) is 20.8 Å². The van der Waals surface area contributed by atoms with Crippen LogP contribution in [0.2, 0.25) is 0 Å². The molecule has 6 heteroatoms. The Labute approximate surface area is 126 Å². The fourth-order valence-corrected chi connectivity index (χ4v) is 2.70. The Morgan fingerprint density at radius 1 is 1.19 bits per heavy atom. The second-order valence-electron chi connectivity index (χ2n) is 6.74. The van der Waals surface area contributed by atoms with E-state index in [0.29, 0.717) is 19.6 Å². The smallest absolute Gasteiger partial charge is 0.411 e. The monoisotopic (exact) mass is 298 g/mol.